The largest absolute Gasteiger partial charge is 0.352 e. The van der Waals surface area contributed by atoms with Gasteiger partial charge < -0.3 is 15.1 Å². The van der Waals surface area contributed by atoms with E-state index in [-0.39, 0.29) is 24.7 Å². The molecule has 2 saturated heterocycles. The molecule has 1 atom stereocenters. The van der Waals surface area contributed by atoms with E-state index in [2.05, 4.69) is 21.7 Å². The SMILES string of the molecule is N#Cc1cccnc1N1CCN(C(=O)CCC2NC(=O)NC2=O)CC1. The molecule has 1 unspecified atom stereocenters. The van der Waals surface area contributed by atoms with Crippen molar-refractivity contribution in [3.8, 4) is 6.07 Å². The number of amides is 4. The molecule has 2 aliphatic heterocycles. The molecule has 2 fully saturated rings. The number of carbonyl (C=O) groups excluding carboxylic acids is 3. The molecule has 0 saturated carbocycles. The van der Waals surface area contributed by atoms with Gasteiger partial charge in [-0.1, -0.05) is 0 Å². The zero-order chi connectivity index (χ0) is 17.8. The van der Waals surface area contributed by atoms with Crippen LogP contribution in [0, 0.1) is 11.3 Å². The topological polar surface area (TPSA) is 118 Å². The lowest BCUT2D eigenvalue weighted by atomic mass is 10.1. The molecule has 3 rings (SSSR count). The van der Waals surface area contributed by atoms with Crippen LogP contribution in [0.3, 0.4) is 0 Å². The first-order valence-electron chi connectivity index (χ1n) is 8.07. The number of anilines is 1. The molecule has 1 aromatic heterocycles. The Hall–Kier alpha value is -3.15. The van der Waals surface area contributed by atoms with E-state index in [0.717, 1.165) is 0 Å². The number of piperazine rings is 1. The Labute approximate surface area is 144 Å². The fraction of sp³-hybridized carbons (Fsp3) is 0.438. The molecule has 0 aromatic carbocycles. The monoisotopic (exact) mass is 342 g/mol. The molecule has 9 nitrogen and oxygen atoms in total. The number of hydrogen-bond acceptors (Lipinski definition) is 6. The van der Waals surface area contributed by atoms with Crippen molar-refractivity contribution in [1.29, 1.82) is 5.26 Å². The van der Waals surface area contributed by atoms with Gasteiger partial charge in [0.05, 0.1) is 5.56 Å². The van der Waals surface area contributed by atoms with Crippen molar-refractivity contribution in [2.75, 3.05) is 31.1 Å². The number of aromatic nitrogens is 1. The van der Waals surface area contributed by atoms with E-state index in [0.29, 0.717) is 37.6 Å². The zero-order valence-corrected chi connectivity index (χ0v) is 13.6. The van der Waals surface area contributed by atoms with Crippen LogP contribution >= 0.6 is 0 Å². The van der Waals surface area contributed by atoms with E-state index in [1.54, 1.807) is 23.2 Å². The lowest BCUT2D eigenvalue weighted by Crippen LogP contribution is -2.49. The number of urea groups is 1. The number of carbonyl (C=O) groups is 3. The average Bonchev–Trinajstić information content (AvgIpc) is 2.97. The Balaban J connectivity index is 1.50. The predicted octanol–water partition coefficient (Wildman–Crippen LogP) is -0.410. The molecule has 2 N–H and O–H groups in total. The Morgan fingerprint density at radius 1 is 1.32 bits per heavy atom. The summed E-state index contributed by atoms with van der Waals surface area (Å²) in [5.74, 6) is 0.208. The highest BCUT2D eigenvalue weighted by Gasteiger charge is 2.30. The normalized spacial score (nSPS) is 20.0. The van der Waals surface area contributed by atoms with Crippen LogP contribution in [-0.4, -0.2) is 60.0 Å². The summed E-state index contributed by atoms with van der Waals surface area (Å²) in [7, 11) is 0. The van der Waals surface area contributed by atoms with Gasteiger partial charge in [0.2, 0.25) is 5.91 Å². The highest BCUT2D eigenvalue weighted by molar-refractivity contribution is 6.04. The highest BCUT2D eigenvalue weighted by Crippen LogP contribution is 2.18. The number of imide groups is 1. The number of hydrogen-bond donors (Lipinski definition) is 2. The summed E-state index contributed by atoms with van der Waals surface area (Å²) in [5, 5.41) is 13.8. The number of nitriles is 1. The van der Waals surface area contributed by atoms with Crippen LogP contribution in [0.4, 0.5) is 10.6 Å². The molecule has 25 heavy (non-hydrogen) atoms. The van der Waals surface area contributed by atoms with E-state index < -0.39 is 12.1 Å². The predicted molar refractivity (Wildman–Crippen MR) is 87.4 cm³/mol. The van der Waals surface area contributed by atoms with Crippen LogP contribution in [0.2, 0.25) is 0 Å². The maximum absolute atomic E-state index is 12.3. The zero-order valence-electron chi connectivity index (χ0n) is 13.6. The molecule has 0 bridgehead atoms. The minimum absolute atomic E-state index is 0.0462. The fourth-order valence-corrected chi connectivity index (χ4v) is 2.99. The van der Waals surface area contributed by atoms with Crippen molar-refractivity contribution < 1.29 is 14.4 Å². The number of nitrogens with one attached hydrogen (secondary N) is 2. The molecule has 0 aliphatic carbocycles. The molecule has 2 aliphatic rings. The lowest BCUT2D eigenvalue weighted by molar-refractivity contribution is -0.131. The summed E-state index contributed by atoms with van der Waals surface area (Å²) >= 11 is 0. The quantitative estimate of drug-likeness (QED) is 0.718. The molecule has 9 heteroatoms. The van der Waals surface area contributed by atoms with Gasteiger partial charge in [-0.25, -0.2) is 9.78 Å². The molecule has 0 spiro atoms. The summed E-state index contributed by atoms with van der Waals surface area (Å²) in [6.07, 6.45) is 2.13. The number of pyridine rings is 1. The smallest absolute Gasteiger partial charge is 0.322 e. The van der Waals surface area contributed by atoms with Gasteiger partial charge in [0.1, 0.15) is 17.9 Å². The van der Waals surface area contributed by atoms with Crippen LogP contribution in [0.1, 0.15) is 18.4 Å². The van der Waals surface area contributed by atoms with Gasteiger partial charge in [-0.2, -0.15) is 5.26 Å². The van der Waals surface area contributed by atoms with Gasteiger partial charge in [-0.15, -0.1) is 0 Å². The van der Waals surface area contributed by atoms with Crippen molar-refractivity contribution in [3.63, 3.8) is 0 Å². The highest BCUT2D eigenvalue weighted by atomic mass is 16.2. The molecule has 3 heterocycles. The van der Waals surface area contributed by atoms with Crippen LogP contribution in [0.25, 0.3) is 0 Å². The van der Waals surface area contributed by atoms with Crippen LogP contribution in [0.5, 0.6) is 0 Å². The fourth-order valence-electron chi connectivity index (χ4n) is 2.99. The molecule has 4 amide bonds. The third-order valence-electron chi connectivity index (χ3n) is 4.34. The third kappa shape index (κ3) is 3.68. The van der Waals surface area contributed by atoms with E-state index in [1.165, 1.54) is 0 Å². The second-order valence-corrected chi connectivity index (χ2v) is 5.91. The average molecular weight is 342 g/mol. The van der Waals surface area contributed by atoms with Gasteiger partial charge in [0.15, 0.2) is 0 Å². The van der Waals surface area contributed by atoms with Gasteiger partial charge in [0.25, 0.3) is 5.91 Å². The van der Waals surface area contributed by atoms with E-state index in [9.17, 15) is 14.4 Å². The minimum Gasteiger partial charge on any atom is -0.352 e. The second kappa shape index (κ2) is 7.17. The maximum Gasteiger partial charge on any atom is 0.322 e. The minimum atomic E-state index is -0.635. The summed E-state index contributed by atoms with van der Waals surface area (Å²) in [6, 6.07) is 4.43. The Kier molecular flexibility index (Phi) is 4.79. The molecule has 0 radical (unpaired) electrons. The van der Waals surface area contributed by atoms with E-state index >= 15 is 0 Å². The Morgan fingerprint density at radius 2 is 2.08 bits per heavy atom. The van der Waals surface area contributed by atoms with Crippen LogP contribution in [0.15, 0.2) is 18.3 Å². The van der Waals surface area contributed by atoms with E-state index in [4.69, 9.17) is 5.26 Å². The first-order valence-corrected chi connectivity index (χ1v) is 8.07. The molecular weight excluding hydrogens is 324 g/mol. The van der Waals surface area contributed by atoms with Gasteiger partial charge in [-0.3, -0.25) is 14.9 Å². The molecular formula is C16H18N6O3. The molecule has 1 aromatic rings. The van der Waals surface area contributed by atoms with Crippen molar-refractivity contribution in [2.24, 2.45) is 0 Å². The van der Waals surface area contributed by atoms with Crippen LogP contribution in [-0.2, 0) is 9.59 Å². The summed E-state index contributed by atoms with van der Waals surface area (Å²) < 4.78 is 0. The number of rotatable bonds is 4. The first-order chi connectivity index (χ1) is 12.1. The maximum atomic E-state index is 12.3. The second-order valence-electron chi connectivity index (χ2n) is 5.91. The first kappa shape index (κ1) is 16.7. The molecule has 130 valence electrons. The van der Waals surface area contributed by atoms with Crippen molar-refractivity contribution >= 4 is 23.7 Å². The summed E-state index contributed by atoms with van der Waals surface area (Å²) in [6.45, 7) is 2.25. The lowest BCUT2D eigenvalue weighted by Gasteiger charge is -2.35. The Morgan fingerprint density at radius 3 is 2.72 bits per heavy atom. The number of nitrogens with zero attached hydrogens (tertiary/aromatic N) is 4. The third-order valence-corrected chi connectivity index (χ3v) is 4.34. The van der Waals surface area contributed by atoms with Gasteiger partial charge in [-0.05, 0) is 18.6 Å². The van der Waals surface area contributed by atoms with Crippen molar-refractivity contribution in [3.05, 3.63) is 23.9 Å². The standard InChI is InChI=1S/C16H18N6O3/c17-10-11-2-1-5-18-14(11)22-8-6-21(7-9-22)13(23)4-3-12-15(24)20-16(25)19-12/h1-2,5,12H,3-4,6-9H2,(H2,19,20,24,25). The van der Waals surface area contributed by atoms with Gasteiger partial charge >= 0.3 is 6.03 Å². The summed E-state index contributed by atoms with van der Waals surface area (Å²) in [4.78, 5) is 42.8. The summed E-state index contributed by atoms with van der Waals surface area (Å²) in [5.41, 5.74) is 0.519. The van der Waals surface area contributed by atoms with Gasteiger partial charge in [0, 0.05) is 38.8 Å². The van der Waals surface area contributed by atoms with Crippen LogP contribution < -0.4 is 15.5 Å². The van der Waals surface area contributed by atoms with E-state index in [1.807, 2.05) is 4.90 Å². The van der Waals surface area contributed by atoms with Crippen molar-refractivity contribution in [2.45, 2.75) is 18.9 Å². The Bertz CT molecular complexity index is 736. The van der Waals surface area contributed by atoms with Crippen molar-refractivity contribution in [1.82, 2.24) is 20.5 Å².